The molecule has 0 aliphatic carbocycles. The maximum absolute atomic E-state index is 5.43. The smallest absolute Gasteiger partial charge is 0.0628 e. The molecular formula is C9H15N3. The summed E-state index contributed by atoms with van der Waals surface area (Å²) < 4.78 is 2.13. The second kappa shape index (κ2) is 3.27. The van der Waals surface area contributed by atoms with Gasteiger partial charge in [-0.1, -0.05) is 0 Å². The van der Waals surface area contributed by atoms with E-state index in [2.05, 4.69) is 15.8 Å². The van der Waals surface area contributed by atoms with Crippen molar-refractivity contribution in [1.82, 2.24) is 9.78 Å². The highest BCUT2D eigenvalue weighted by Crippen LogP contribution is 2.15. The van der Waals surface area contributed by atoms with Gasteiger partial charge >= 0.3 is 0 Å². The lowest BCUT2D eigenvalue weighted by Crippen LogP contribution is -2.01. The zero-order valence-electron chi connectivity index (χ0n) is 7.29. The number of hydrogen-bond acceptors (Lipinski definition) is 2. The lowest BCUT2D eigenvalue weighted by molar-refractivity contribution is 0.638. The topological polar surface area (TPSA) is 43.8 Å². The van der Waals surface area contributed by atoms with Crippen LogP contribution in [0.2, 0.25) is 0 Å². The van der Waals surface area contributed by atoms with Crippen molar-refractivity contribution in [3.63, 3.8) is 0 Å². The molecule has 2 heterocycles. The van der Waals surface area contributed by atoms with Gasteiger partial charge in [-0.25, -0.2) is 0 Å². The molecule has 1 aromatic heterocycles. The number of hydrogen-bond donors (Lipinski definition) is 1. The average molecular weight is 165 g/mol. The van der Waals surface area contributed by atoms with Crippen molar-refractivity contribution in [3.8, 4) is 0 Å². The maximum atomic E-state index is 5.43. The molecule has 0 saturated carbocycles. The molecule has 1 aliphatic heterocycles. The highest BCUT2D eigenvalue weighted by atomic mass is 15.3. The molecule has 0 amide bonds. The Morgan fingerprint density at radius 2 is 2.50 bits per heavy atom. The highest BCUT2D eigenvalue weighted by molar-refractivity contribution is 5.13. The van der Waals surface area contributed by atoms with Crippen LogP contribution in [0.3, 0.4) is 0 Å². The Kier molecular flexibility index (Phi) is 2.13. The lowest BCUT2D eigenvalue weighted by atomic mass is 10.2. The Bertz CT molecular complexity index is 243. The van der Waals surface area contributed by atoms with E-state index in [9.17, 15) is 0 Å². The predicted molar refractivity (Wildman–Crippen MR) is 47.9 cm³/mol. The van der Waals surface area contributed by atoms with E-state index < -0.39 is 0 Å². The standard InChI is InChI=1S/C9H15N3/c10-5-1-3-8-7-9-4-2-6-12(9)11-8/h7H,1-6,10H2. The second-order valence-corrected chi connectivity index (χ2v) is 3.35. The summed E-state index contributed by atoms with van der Waals surface area (Å²) in [5.74, 6) is 0. The fraction of sp³-hybridized carbons (Fsp3) is 0.667. The molecule has 0 bridgehead atoms. The van der Waals surface area contributed by atoms with Crippen LogP contribution in [-0.2, 0) is 19.4 Å². The number of nitrogens with two attached hydrogens (primary N) is 1. The molecule has 0 saturated heterocycles. The third-order valence-corrected chi connectivity index (χ3v) is 2.35. The van der Waals surface area contributed by atoms with E-state index in [1.807, 2.05) is 0 Å². The molecule has 0 radical (unpaired) electrons. The lowest BCUT2D eigenvalue weighted by Gasteiger charge is -1.93. The van der Waals surface area contributed by atoms with Gasteiger partial charge in [0.2, 0.25) is 0 Å². The number of rotatable bonds is 3. The Morgan fingerprint density at radius 1 is 1.58 bits per heavy atom. The number of aromatic nitrogens is 2. The summed E-state index contributed by atoms with van der Waals surface area (Å²) in [7, 11) is 0. The van der Waals surface area contributed by atoms with E-state index >= 15 is 0 Å². The second-order valence-electron chi connectivity index (χ2n) is 3.35. The largest absolute Gasteiger partial charge is 0.330 e. The minimum atomic E-state index is 0.766. The summed E-state index contributed by atoms with van der Waals surface area (Å²) in [6.45, 7) is 1.88. The number of fused-ring (bicyclic) bond motifs is 1. The minimum Gasteiger partial charge on any atom is -0.330 e. The Hall–Kier alpha value is -0.830. The van der Waals surface area contributed by atoms with E-state index in [4.69, 9.17) is 5.73 Å². The monoisotopic (exact) mass is 165 g/mol. The van der Waals surface area contributed by atoms with E-state index in [0.29, 0.717) is 0 Å². The van der Waals surface area contributed by atoms with Gasteiger partial charge in [0.15, 0.2) is 0 Å². The van der Waals surface area contributed by atoms with Crippen LogP contribution in [0, 0.1) is 0 Å². The van der Waals surface area contributed by atoms with Crippen LogP contribution in [-0.4, -0.2) is 16.3 Å². The summed E-state index contributed by atoms with van der Waals surface area (Å²) >= 11 is 0. The van der Waals surface area contributed by atoms with Crippen LogP contribution in [0.5, 0.6) is 0 Å². The molecule has 2 rings (SSSR count). The average Bonchev–Trinajstić information content (AvgIpc) is 2.58. The first-order valence-corrected chi connectivity index (χ1v) is 4.66. The number of nitrogens with zero attached hydrogens (tertiary/aromatic N) is 2. The molecular weight excluding hydrogens is 150 g/mol. The van der Waals surface area contributed by atoms with Crippen molar-refractivity contribution in [2.24, 2.45) is 5.73 Å². The van der Waals surface area contributed by atoms with Gasteiger partial charge in [0.1, 0.15) is 0 Å². The molecule has 1 aliphatic rings. The fourth-order valence-electron chi connectivity index (χ4n) is 1.73. The Morgan fingerprint density at radius 3 is 3.25 bits per heavy atom. The Labute approximate surface area is 72.6 Å². The van der Waals surface area contributed by atoms with Crippen molar-refractivity contribution in [2.45, 2.75) is 32.2 Å². The van der Waals surface area contributed by atoms with Crippen LogP contribution in [0.1, 0.15) is 24.2 Å². The number of aryl methyl sites for hydroxylation is 3. The molecule has 0 fully saturated rings. The molecule has 0 unspecified atom stereocenters. The molecule has 12 heavy (non-hydrogen) atoms. The summed E-state index contributed by atoms with van der Waals surface area (Å²) in [4.78, 5) is 0. The van der Waals surface area contributed by atoms with Gasteiger partial charge in [-0.2, -0.15) is 5.10 Å². The van der Waals surface area contributed by atoms with Gasteiger partial charge in [0.05, 0.1) is 5.69 Å². The molecule has 0 spiro atoms. The van der Waals surface area contributed by atoms with Gasteiger partial charge < -0.3 is 5.73 Å². The van der Waals surface area contributed by atoms with Crippen LogP contribution in [0.4, 0.5) is 0 Å². The normalized spacial score (nSPS) is 15.1. The minimum absolute atomic E-state index is 0.766. The summed E-state index contributed by atoms with van der Waals surface area (Å²) in [5, 5.41) is 4.49. The fourth-order valence-corrected chi connectivity index (χ4v) is 1.73. The van der Waals surface area contributed by atoms with Crippen LogP contribution in [0.15, 0.2) is 6.07 Å². The van der Waals surface area contributed by atoms with E-state index in [0.717, 1.165) is 25.9 Å². The quantitative estimate of drug-likeness (QED) is 0.717. The van der Waals surface area contributed by atoms with Crippen LogP contribution >= 0.6 is 0 Å². The first-order valence-electron chi connectivity index (χ1n) is 4.66. The molecule has 0 aromatic carbocycles. The van der Waals surface area contributed by atoms with E-state index in [1.54, 1.807) is 0 Å². The molecule has 66 valence electrons. The third kappa shape index (κ3) is 1.37. The van der Waals surface area contributed by atoms with Crippen molar-refractivity contribution in [2.75, 3.05) is 6.54 Å². The van der Waals surface area contributed by atoms with Gasteiger partial charge in [0, 0.05) is 12.2 Å². The zero-order chi connectivity index (χ0) is 8.39. The first kappa shape index (κ1) is 7.80. The Balaban J connectivity index is 2.05. The van der Waals surface area contributed by atoms with E-state index in [1.165, 1.54) is 24.2 Å². The maximum Gasteiger partial charge on any atom is 0.0628 e. The summed E-state index contributed by atoms with van der Waals surface area (Å²) in [6, 6.07) is 2.22. The van der Waals surface area contributed by atoms with Gasteiger partial charge in [0.25, 0.3) is 0 Å². The molecule has 3 heteroatoms. The zero-order valence-corrected chi connectivity index (χ0v) is 7.29. The van der Waals surface area contributed by atoms with Crippen molar-refractivity contribution >= 4 is 0 Å². The first-order chi connectivity index (χ1) is 5.90. The molecule has 3 nitrogen and oxygen atoms in total. The molecule has 2 N–H and O–H groups in total. The summed E-state index contributed by atoms with van der Waals surface area (Å²) in [6.07, 6.45) is 4.56. The third-order valence-electron chi connectivity index (χ3n) is 2.35. The van der Waals surface area contributed by atoms with Gasteiger partial charge in [-0.05, 0) is 38.3 Å². The van der Waals surface area contributed by atoms with Crippen LogP contribution < -0.4 is 5.73 Å². The van der Waals surface area contributed by atoms with Crippen molar-refractivity contribution in [3.05, 3.63) is 17.5 Å². The van der Waals surface area contributed by atoms with Gasteiger partial charge in [-0.15, -0.1) is 0 Å². The SMILES string of the molecule is NCCCc1cc2n(n1)CCC2. The molecule has 0 atom stereocenters. The highest BCUT2D eigenvalue weighted by Gasteiger charge is 2.12. The molecule has 1 aromatic rings. The van der Waals surface area contributed by atoms with Crippen LogP contribution in [0.25, 0.3) is 0 Å². The van der Waals surface area contributed by atoms with Crippen molar-refractivity contribution in [1.29, 1.82) is 0 Å². The summed E-state index contributed by atoms with van der Waals surface area (Å²) in [5.41, 5.74) is 8.06. The van der Waals surface area contributed by atoms with E-state index in [-0.39, 0.29) is 0 Å². The predicted octanol–water partition coefficient (Wildman–Crippen LogP) is 0.721. The van der Waals surface area contributed by atoms with Crippen molar-refractivity contribution < 1.29 is 0 Å². The van der Waals surface area contributed by atoms with Gasteiger partial charge in [-0.3, -0.25) is 4.68 Å².